The van der Waals surface area contributed by atoms with Gasteiger partial charge in [0.1, 0.15) is 11.0 Å². The summed E-state index contributed by atoms with van der Waals surface area (Å²) >= 11 is 0. The largest absolute Gasteiger partial charge is 0.372 e. The highest BCUT2D eigenvalue weighted by molar-refractivity contribution is 5.94. The minimum absolute atomic E-state index is 0.0279. The van der Waals surface area contributed by atoms with Gasteiger partial charge in [0.25, 0.3) is 0 Å². The molecule has 28 heavy (non-hydrogen) atoms. The molecule has 0 spiro atoms. The second-order valence-corrected chi connectivity index (χ2v) is 7.09. The standard InChI is InChI=1S/C22H29N5O/c1-6-9-22(28)23-18-14-20-19(13-15(18)4)24-27(25-20)21-11-10-17(12-16(21)5)26(7-2)8-3/h10-14H,6-9H2,1-5H3,(H,23,28). The number of hydrogen-bond donors (Lipinski definition) is 1. The van der Waals surface area contributed by atoms with Crippen molar-refractivity contribution in [2.75, 3.05) is 23.3 Å². The second kappa shape index (κ2) is 8.42. The van der Waals surface area contributed by atoms with E-state index in [0.717, 1.165) is 53.0 Å². The van der Waals surface area contributed by atoms with Crippen molar-refractivity contribution in [3.05, 3.63) is 41.5 Å². The van der Waals surface area contributed by atoms with Gasteiger partial charge in [-0.05, 0) is 75.6 Å². The number of hydrogen-bond acceptors (Lipinski definition) is 4. The van der Waals surface area contributed by atoms with Crippen LogP contribution in [-0.4, -0.2) is 34.0 Å². The average molecular weight is 380 g/mol. The monoisotopic (exact) mass is 379 g/mol. The van der Waals surface area contributed by atoms with Crippen LogP contribution >= 0.6 is 0 Å². The number of benzene rings is 2. The van der Waals surface area contributed by atoms with Gasteiger partial charge < -0.3 is 10.2 Å². The molecule has 1 aromatic heterocycles. The molecule has 6 nitrogen and oxygen atoms in total. The van der Waals surface area contributed by atoms with Gasteiger partial charge in [0.15, 0.2) is 0 Å². The van der Waals surface area contributed by atoms with E-state index in [1.165, 1.54) is 5.69 Å². The molecule has 3 aromatic rings. The number of nitrogens with one attached hydrogen (secondary N) is 1. The summed E-state index contributed by atoms with van der Waals surface area (Å²) in [7, 11) is 0. The van der Waals surface area contributed by atoms with Gasteiger partial charge in [-0.3, -0.25) is 4.79 Å². The molecule has 0 unspecified atom stereocenters. The van der Waals surface area contributed by atoms with Crippen molar-refractivity contribution in [1.29, 1.82) is 0 Å². The minimum atomic E-state index is 0.0279. The number of fused-ring (bicyclic) bond motifs is 1. The van der Waals surface area contributed by atoms with Crippen LogP contribution in [-0.2, 0) is 4.79 Å². The number of aromatic nitrogens is 3. The van der Waals surface area contributed by atoms with Crippen LogP contribution in [0.3, 0.4) is 0 Å². The number of aryl methyl sites for hydroxylation is 2. The Hall–Kier alpha value is -2.89. The number of rotatable bonds is 7. The van der Waals surface area contributed by atoms with Crippen molar-refractivity contribution in [3.8, 4) is 5.69 Å². The van der Waals surface area contributed by atoms with E-state index >= 15 is 0 Å². The molecule has 1 heterocycles. The summed E-state index contributed by atoms with van der Waals surface area (Å²) in [6, 6.07) is 10.2. The summed E-state index contributed by atoms with van der Waals surface area (Å²) in [5, 5.41) is 12.3. The number of nitrogens with zero attached hydrogens (tertiary/aromatic N) is 4. The van der Waals surface area contributed by atoms with Gasteiger partial charge in [0, 0.05) is 30.9 Å². The lowest BCUT2D eigenvalue weighted by molar-refractivity contribution is -0.116. The number of carbonyl (C=O) groups is 1. The molecule has 0 saturated carbocycles. The molecule has 6 heteroatoms. The van der Waals surface area contributed by atoms with E-state index in [4.69, 9.17) is 0 Å². The van der Waals surface area contributed by atoms with E-state index in [1.807, 2.05) is 26.0 Å². The molecular weight excluding hydrogens is 350 g/mol. The summed E-state index contributed by atoms with van der Waals surface area (Å²) in [5.74, 6) is 0.0279. The average Bonchev–Trinajstić information content (AvgIpc) is 3.05. The summed E-state index contributed by atoms with van der Waals surface area (Å²) in [6.45, 7) is 12.3. The smallest absolute Gasteiger partial charge is 0.224 e. The molecule has 0 fully saturated rings. The maximum Gasteiger partial charge on any atom is 0.224 e. The van der Waals surface area contributed by atoms with Gasteiger partial charge in [0.2, 0.25) is 5.91 Å². The fraction of sp³-hybridized carbons (Fsp3) is 0.409. The molecule has 0 aliphatic rings. The Bertz CT molecular complexity index is 988. The van der Waals surface area contributed by atoms with Crippen molar-refractivity contribution >= 4 is 28.3 Å². The molecule has 0 aliphatic heterocycles. The molecule has 2 aromatic carbocycles. The van der Waals surface area contributed by atoms with Crippen molar-refractivity contribution in [3.63, 3.8) is 0 Å². The van der Waals surface area contributed by atoms with E-state index < -0.39 is 0 Å². The highest BCUT2D eigenvalue weighted by atomic mass is 16.1. The highest BCUT2D eigenvalue weighted by Crippen LogP contribution is 2.25. The van der Waals surface area contributed by atoms with Gasteiger partial charge >= 0.3 is 0 Å². The lowest BCUT2D eigenvalue weighted by atomic mass is 10.1. The molecule has 1 N–H and O–H groups in total. The van der Waals surface area contributed by atoms with Crippen molar-refractivity contribution in [2.45, 2.75) is 47.5 Å². The molecule has 3 rings (SSSR count). The first-order chi connectivity index (χ1) is 13.5. The van der Waals surface area contributed by atoms with Crippen LogP contribution in [0.5, 0.6) is 0 Å². The molecule has 0 saturated heterocycles. The zero-order valence-electron chi connectivity index (χ0n) is 17.4. The minimum Gasteiger partial charge on any atom is -0.372 e. The molecular formula is C22H29N5O. The Morgan fingerprint density at radius 3 is 2.29 bits per heavy atom. The summed E-state index contributed by atoms with van der Waals surface area (Å²) < 4.78 is 0. The Morgan fingerprint density at radius 1 is 1.00 bits per heavy atom. The van der Waals surface area contributed by atoms with E-state index in [2.05, 4.69) is 59.4 Å². The number of carbonyl (C=O) groups excluding carboxylic acids is 1. The number of amides is 1. The Kier molecular flexibility index (Phi) is 5.97. The SMILES string of the molecule is CCCC(=O)Nc1cc2nn(-c3ccc(N(CC)CC)cc3C)nc2cc1C. The molecule has 0 bridgehead atoms. The van der Waals surface area contributed by atoms with Crippen molar-refractivity contribution in [1.82, 2.24) is 15.0 Å². The quantitative estimate of drug-likeness (QED) is 0.650. The summed E-state index contributed by atoms with van der Waals surface area (Å²) in [5.41, 5.74) is 6.66. The number of anilines is 2. The van der Waals surface area contributed by atoms with E-state index in [-0.39, 0.29) is 5.91 Å². The van der Waals surface area contributed by atoms with E-state index in [0.29, 0.717) is 6.42 Å². The Balaban J connectivity index is 1.95. The van der Waals surface area contributed by atoms with Gasteiger partial charge in [-0.25, -0.2) is 0 Å². The molecule has 0 radical (unpaired) electrons. The second-order valence-electron chi connectivity index (χ2n) is 7.09. The maximum atomic E-state index is 12.0. The fourth-order valence-corrected chi connectivity index (χ4v) is 3.40. The predicted molar refractivity (Wildman–Crippen MR) is 115 cm³/mol. The lowest BCUT2D eigenvalue weighted by Gasteiger charge is -2.22. The van der Waals surface area contributed by atoms with E-state index in [9.17, 15) is 4.79 Å². The van der Waals surface area contributed by atoms with E-state index in [1.54, 1.807) is 4.80 Å². The van der Waals surface area contributed by atoms with Gasteiger partial charge in [0.05, 0.1) is 5.69 Å². The van der Waals surface area contributed by atoms with Crippen LogP contribution in [0, 0.1) is 13.8 Å². The Morgan fingerprint density at radius 2 is 1.68 bits per heavy atom. The normalized spacial score (nSPS) is 11.0. The van der Waals surface area contributed by atoms with Crippen LogP contribution in [0.25, 0.3) is 16.7 Å². The van der Waals surface area contributed by atoms with Crippen LogP contribution in [0.4, 0.5) is 11.4 Å². The van der Waals surface area contributed by atoms with Gasteiger partial charge in [-0.2, -0.15) is 4.80 Å². The van der Waals surface area contributed by atoms with Crippen molar-refractivity contribution < 1.29 is 4.79 Å². The van der Waals surface area contributed by atoms with Crippen LogP contribution < -0.4 is 10.2 Å². The first-order valence-corrected chi connectivity index (χ1v) is 10.00. The molecule has 148 valence electrons. The third-order valence-electron chi connectivity index (χ3n) is 5.00. The third-order valence-corrected chi connectivity index (χ3v) is 5.00. The van der Waals surface area contributed by atoms with Gasteiger partial charge in [-0.1, -0.05) is 6.92 Å². The summed E-state index contributed by atoms with van der Waals surface area (Å²) in [4.78, 5) is 16.0. The maximum absolute atomic E-state index is 12.0. The van der Waals surface area contributed by atoms with Crippen LogP contribution in [0.15, 0.2) is 30.3 Å². The third kappa shape index (κ3) is 4.01. The lowest BCUT2D eigenvalue weighted by Crippen LogP contribution is -2.21. The Labute approximate surface area is 166 Å². The zero-order chi connectivity index (χ0) is 20.3. The predicted octanol–water partition coefficient (Wildman–Crippen LogP) is 4.62. The van der Waals surface area contributed by atoms with Crippen molar-refractivity contribution in [2.24, 2.45) is 0 Å². The first kappa shape index (κ1) is 19.9. The summed E-state index contributed by atoms with van der Waals surface area (Å²) in [6.07, 6.45) is 1.34. The molecule has 0 aliphatic carbocycles. The molecule has 0 atom stereocenters. The topological polar surface area (TPSA) is 63.1 Å². The zero-order valence-corrected chi connectivity index (χ0v) is 17.4. The first-order valence-electron chi connectivity index (χ1n) is 10.00. The molecule has 1 amide bonds. The van der Waals surface area contributed by atoms with Crippen LogP contribution in [0.2, 0.25) is 0 Å². The fourth-order valence-electron chi connectivity index (χ4n) is 3.40. The van der Waals surface area contributed by atoms with Crippen LogP contribution in [0.1, 0.15) is 44.7 Å². The highest BCUT2D eigenvalue weighted by Gasteiger charge is 2.12. The van der Waals surface area contributed by atoms with Gasteiger partial charge in [-0.15, -0.1) is 10.2 Å².